The standard InChI is InChI=1S/C9H20N2/c1-3-7-11(2)8-6-9(10)4-5-9/h3-8,10H2,1-2H3. The number of rotatable bonds is 5. The lowest BCUT2D eigenvalue weighted by atomic mass is 10.2. The Morgan fingerprint density at radius 2 is 2.00 bits per heavy atom. The SMILES string of the molecule is CCCN(C)CCC1(N)CC1. The van der Waals surface area contributed by atoms with Crippen LogP contribution in [0.3, 0.4) is 0 Å². The summed E-state index contributed by atoms with van der Waals surface area (Å²) >= 11 is 0. The molecule has 0 aliphatic heterocycles. The van der Waals surface area contributed by atoms with E-state index in [1.54, 1.807) is 0 Å². The molecule has 0 amide bonds. The molecule has 0 spiro atoms. The Balaban J connectivity index is 2.01. The van der Waals surface area contributed by atoms with Crippen LogP contribution in [0.4, 0.5) is 0 Å². The van der Waals surface area contributed by atoms with Gasteiger partial charge < -0.3 is 10.6 Å². The summed E-state index contributed by atoms with van der Waals surface area (Å²) in [5, 5.41) is 0. The van der Waals surface area contributed by atoms with Gasteiger partial charge in [0.25, 0.3) is 0 Å². The molecule has 0 aromatic rings. The maximum Gasteiger partial charge on any atom is 0.0167 e. The van der Waals surface area contributed by atoms with Crippen LogP contribution in [0.1, 0.15) is 32.6 Å². The van der Waals surface area contributed by atoms with Crippen LogP contribution >= 0.6 is 0 Å². The van der Waals surface area contributed by atoms with Crippen molar-refractivity contribution in [3.8, 4) is 0 Å². The summed E-state index contributed by atoms with van der Waals surface area (Å²) in [4.78, 5) is 2.37. The third kappa shape index (κ3) is 3.21. The first-order chi connectivity index (χ1) is 5.16. The van der Waals surface area contributed by atoms with Gasteiger partial charge >= 0.3 is 0 Å². The molecule has 1 aliphatic carbocycles. The van der Waals surface area contributed by atoms with E-state index in [0.717, 1.165) is 0 Å². The van der Waals surface area contributed by atoms with Crippen molar-refractivity contribution in [2.45, 2.75) is 38.1 Å². The minimum atomic E-state index is 0.238. The van der Waals surface area contributed by atoms with E-state index in [1.165, 1.54) is 38.8 Å². The predicted molar refractivity (Wildman–Crippen MR) is 48.6 cm³/mol. The van der Waals surface area contributed by atoms with Gasteiger partial charge in [0.2, 0.25) is 0 Å². The first-order valence-electron chi connectivity index (χ1n) is 4.64. The van der Waals surface area contributed by atoms with Crippen molar-refractivity contribution < 1.29 is 0 Å². The van der Waals surface area contributed by atoms with Crippen LogP contribution in [-0.4, -0.2) is 30.6 Å². The van der Waals surface area contributed by atoms with Crippen molar-refractivity contribution >= 4 is 0 Å². The Labute approximate surface area is 69.8 Å². The molecule has 11 heavy (non-hydrogen) atoms. The van der Waals surface area contributed by atoms with Gasteiger partial charge in [-0.25, -0.2) is 0 Å². The fourth-order valence-corrected chi connectivity index (χ4v) is 1.32. The molecule has 0 radical (unpaired) electrons. The molecular formula is C9H20N2. The van der Waals surface area contributed by atoms with Gasteiger partial charge in [0, 0.05) is 5.54 Å². The molecule has 0 atom stereocenters. The zero-order valence-corrected chi connectivity index (χ0v) is 7.77. The summed E-state index contributed by atoms with van der Waals surface area (Å²) < 4.78 is 0. The normalized spacial score (nSPS) is 20.7. The van der Waals surface area contributed by atoms with Crippen molar-refractivity contribution in [3.05, 3.63) is 0 Å². The lowest BCUT2D eigenvalue weighted by Gasteiger charge is -2.17. The maximum atomic E-state index is 5.96. The molecule has 2 nitrogen and oxygen atoms in total. The summed E-state index contributed by atoms with van der Waals surface area (Å²) in [5.41, 5.74) is 6.20. The van der Waals surface area contributed by atoms with Crippen molar-refractivity contribution in [1.29, 1.82) is 0 Å². The molecule has 1 rings (SSSR count). The molecule has 2 N–H and O–H groups in total. The van der Waals surface area contributed by atoms with Gasteiger partial charge in [0.1, 0.15) is 0 Å². The van der Waals surface area contributed by atoms with Crippen molar-refractivity contribution in [1.82, 2.24) is 4.90 Å². The molecule has 0 bridgehead atoms. The first-order valence-corrected chi connectivity index (χ1v) is 4.64. The topological polar surface area (TPSA) is 29.3 Å². The van der Waals surface area contributed by atoms with Gasteiger partial charge in [-0.3, -0.25) is 0 Å². The summed E-state index contributed by atoms with van der Waals surface area (Å²) in [6, 6.07) is 0. The molecule has 66 valence electrons. The minimum absolute atomic E-state index is 0.238. The minimum Gasteiger partial charge on any atom is -0.325 e. The van der Waals surface area contributed by atoms with Crippen LogP contribution in [0.5, 0.6) is 0 Å². The predicted octanol–water partition coefficient (Wildman–Crippen LogP) is 1.21. The third-order valence-electron chi connectivity index (χ3n) is 2.49. The van der Waals surface area contributed by atoms with Crippen LogP contribution in [0.15, 0.2) is 0 Å². The van der Waals surface area contributed by atoms with Gasteiger partial charge in [0.15, 0.2) is 0 Å². The Morgan fingerprint density at radius 3 is 2.45 bits per heavy atom. The lowest BCUT2D eigenvalue weighted by Crippen LogP contribution is -2.29. The number of hydrogen-bond donors (Lipinski definition) is 1. The van der Waals surface area contributed by atoms with Gasteiger partial charge in [-0.1, -0.05) is 6.92 Å². The van der Waals surface area contributed by atoms with E-state index >= 15 is 0 Å². The highest BCUT2D eigenvalue weighted by molar-refractivity contribution is 4.98. The molecule has 0 heterocycles. The van der Waals surface area contributed by atoms with Crippen molar-refractivity contribution in [2.24, 2.45) is 5.73 Å². The molecule has 2 heteroatoms. The van der Waals surface area contributed by atoms with Crippen molar-refractivity contribution in [2.75, 3.05) is 20.1 Å². The quantitative estimate of drug-likeness (QED) is 0.648. The molecular weight excluding hydrogens is 136 g/mol. The first kappa shape index (κ1) is 9.01. The third-order valence-corrected chi connectivity index (χ3v) is 2.49. The Hall–Kier alpha value is -0.0800. The highest BCUT2D eigenvalue weighted by atomic mass is 15.1. The fourth-order valence-electron chi connectivity index (χ4n) is 1.32. The average molecular weight is 156 g/mol. The average Bonchev–Trinajstić information content (AvgIpc) is 2.66. The number of nitrogens with zero attached hydrogens (tertiary/aromatic N) is 1. The fraction of sp³-hybridized carbons (Fsp3) is 1.00. The zero-order valence-electron chi connectivity index (χ0n) is 7.77. The highest BCUT2D eigenvalue weighted by Crippen LogP contribution is 2.35. The van der Waals surface area contributed by atoms with Crippen LogP contribution in [-0.2, 0) is 0 Å². The molecule has 0 unspecified atom stereocenters. The monoisotopic (exact) mass is 156 g/mol. The van der Waals surface area contributed by atoms with E-state index in [9.17, 15) is 0 Å². The van der Waals surface area contributed by atoms with Gasteiger partial charge in [-0.15, -0.1) is 0 Å². The maximum absolute atomic E-state index is 5.96. The molecule has 0 saturated heterocycles. The largest absolute Gasteiger partial charge is 0.325 e. The summed E-state index contributed by atoms with van der Waals surface area (Å²) in [5.74, 6) is 0. The summed E-state index contributed by atoms with van der Waals surface area (Å²) in [6.45, 7) is 4.59. The molecule has 1 saturated carbocycles. The summed E-state index contributed by atoms with van der Waals surface area (Å²) in [6.07, 6.45) is 4.91. The molecule has 1 aliphatic rings. The smallest absolute Gasteiger partial charge is 0.0167 e. The summed E-state index contributed by atoms with van der Waals surface area (Å²) in [7, 11) is 2.18. The number of nitrogens with two attached hydrogens (primary N) is 1. The second kappa shape index (κ2) is 3.55. The van der Waals surface area contributed by atoms with E-state index in [-0.39, 0.29) is 5.54 Å². The molecule has 0 aromatic heterocycles. The number of hydrogen-bond acceptors (Lipinski definition) is 2. The van der Waals surface area contributed by atoms with Gasteiger partial charge in [-0.05, 0) is 45.8 Å². The zero-order chi connectivity index (χ0) is 8.32. The second-order valence-corrected chi connectivity index (χ2v) is 3.92. The van der Waals surface area contributed by atoms with Crippen LogP contribution in [0, 0.1) is 0 Å². The van der Waals surface area contributed by atoms with Crippen LogP contribution in [0.2, 0.25) is 0 Å². The Morgan fingerprint density at radius 1 is 1.36 bits per heavy atom. The van der Waals surface area contributed by atoms with E-state index in [1.807, 2.05) is 0 Å². The molecule has 0 aromatic carbocycles. The van der Waals surface area contributed by atoms with E-state index in [4.69, 9.17) is 5.73 Å². The van der Waals surface area contributed by atoms with Gasteiger partial charge in [0.05, 0.1) is 0 Å². The van der Waals surface area contributed by atoms with E-state index in [0.29, 0.717) is 0 Å². The van der Waals surface area contributed by atoms with Crippen molar-refractivity contribution in [3.63, 3.8) is 0 Å². The van der Waals surface area contributed by atoms with Crippen LogP contribution < -0.4 is 5.73 Å². The van der Waals surface area contributed by atoms with E-state index < -0.39 is 0 Å². The molecule has 1 fully saturated rings. The Bertz CT molecular complexity index is 119. The lowest BCUT2D eigenvalue weighted by molar-refractivity contribution is 0.315. The van der Waals surface area contributed by atoms with Gasteiger partial charge in [-0.2, -0.15) is 0 Å². The van der Waals surface area contributed by atoms with E-state index in [2.05, 4.69) is 18.9 Å². The second-order valence-electron chi connectivity index (χ2n) is 3.92. The van der Waals surface area contributed by atoms with Crippen LogP contribution in [0.25, 0.3) is 0 Å². The highest BCUT2D eigenvalue weighted by Gasteiger charge is 2.37. The Kier molecular flexibility index (Phi) is 2.90.